The van der Waals surface area contributed by atoms with Crippen LogP contribution in [0.15, 0.2) is 60.7 Å². The Bertz CT molecular complexity index is 711. The van der Waals surface area contributed by atoms with Gasteiger partial charge >= 0.3 is 0 Å². The Kier molecular flexibility index (Phi) is 5.31. The van der Waals surface area contributed by atoms with Gasteiger partial charge in [-0.2, -0.15) is 0 Å². The highest BCUT2D eigenvalue weighted by Crippen LogP contribution is 2.43. The summed E-state index contributed by atoms with van der Waals surface area (Å²) in [6.45, 7) is 1.63. The van der Waals surface area contributed by atoms with E-state index < -0.39 is 0 Å². The predicted molar refractivity (Wildman–Crippen MR) is 109 cm³/mol. The molecule has 0 bridgehead atoms. The Labute approximate surface area is 163 Å². The first-order chi connectivity index (χ1) is 13.2. The van der Waals surface area contributed by atoms with Crippen LogP contribution in [0.2, 0.25) is 0 Å². The number of hydrogen-bond donors (Lipinski definition) is 0. The van der Waals surface area contributed by atoms with Gasteiger partial charge in [-0.15, -0.1) is 0 Å². The summed E-state index contributed by atoms with van der Waals surface area (Å²) >= 11 is 0. The van der Waals surface area contributed by atoms with E-state index in [9.17, 15) is 4.79 Å². The van der Waals surface area contributed by atoms with E-state index in [1.54, 1.807) is 0 Å². The molecule has 1 aliphatic carbocycles. The molecule has 2 aromatic rings. The summed E-state index contributed by atoms with van der Waals surface area (Å²) in [5, 5.41) is 0. The van der Waals surface area contributed by atoms with Gasteiger partial charge in [-0.25, -0.2) is 0 Å². The molecule has 3 heteroatoms. The monoisotopic (exact) mass is 362 g/mol. The third kappa shape index (κ3) is 3.79. The summed E-state index contributed by atoms with van der Waals surface area (Å²) in [5.41, 5.74) is 2.63. The fourth-order valence-electron chi connectivity index (χ4n) is 4.99. The lowest BCUT2D eigenvalue weighted by Gasteiger charge is -2.39. The van der Waals surface area contributed by atoms with Crippen LogP contribution in [-0.2, 0) is 17.9 Å². The van der Waals surface area contributed by atoms with Gasteiger partial charge in [-0.3, -0.25) is 9.69 Å². The summed E-state index contributed by atoms with van der Waals surface area (Å²) in [7, 11) is 2.04. The van der Waals surface area contributed by atoms with Crippen molar-refractivity contribution in [3.63, 3.8) is 0 Å². The molecular formula is C24H30N2O. The molecule has 1 saturated heterocycles. The lowest BCUT2D eigenvalue weighted by atomic mass is 9.79. The van der Waals surface area contributed by atoms with Crippen LogP contribution < -0.4 is 0 Å². The second-order valence-electron chi connectivity index (χ2n) is 8.28. The quantitative estimate of drug-likeness (QED) is 0.775. The summed E-state index contributed by atoms with van der Waals surface area (Å²) < 4.78 is 0. The molecule has 2 aromatic carbocycles. The van der Waals surface area contributed by atoms with Gasteiger partial charge < -0.3 is 4.90 Å². The number of amides is 1. The molecule has 0 N–H and O–H groups in total. The van der Waals surface area contributed by atoms with Crippen molar-refractivity contribution >= 4 is 5.91 Å². The smallest absolute Gasteiger partial charge is 0.240 e. The Morgan fingerprint density at radius 2 is 1.41 bits per heavy atom. The van der Waals surface area contributed by atoms with Crippen molar-refractivity contribution in [2.75, 3.05) is 7.05 Å². The first kappa shape index (κ1) is 18.2. The first-order valence-electron chi connectivity index (χ1n) is 10.3. The second-order valence-corrected chi connectivity index (χ2v) is 8.28. The Hall–Kier alpha value is -2.13. The van der Waals surface area contributed by atoms with Gasteiger partial charge in [-0.1, -0.05) is 79.9 Å². The van der Waals surface area contributed by atoms with Crippen molar-refractivity contribution < 1.29 is 4.79 Å². The van der Waals surface area contributed by atoms with E-state index in [0.717, 1.165) is 32.4 Å². The molecule has 1 aliphatic heterocycles. The summed E-state index contributed by atoms with van der Waals surface area (Å²) in [6.07, 6.45) is 7.12. The predicted octanol–water partition coefficient (Wildman–Crippen LogP) is 4.62. The minimum atomic E-state index is -0.0199. The molecule has 27 heavy (non-hydrogen) atoms. The zero-order valence-corrected chi connectivity index (χ0v) is 16.3. The fourth-order valence-corrected chi connectivity index (χ4v) is 4.99. The maximum atomic E-state index is 13.3. The number of carbonyl (C=O) groups excluding carboxylic acids is 1. The molecule has 1 atom stereocenters. The molecule has 1 unspecified atom stereocenters. The standard InChI is InChI=1S/C24H30N2O/c1-25-23(27)22(17-24(25)15-9-4-10-16-24)26(18-20-11-5-2-6-12-20)19-21-13-7-3-8-14-21/h2-3,5-8,11-14,22H,4,9-10,15-19H2,1H3. The molecule has 1 spiro atoms. The van der Waals surface area contributed by atoms with Gasteiger partial charge in [0.25, 0.3) is 0 Å². The third-order valence-corrected chi connectivity index (χ3v) is 6.58. The Balaban J connectivity index is 1.60. The second kappa shape index (κ2) is 7.85. The first-order valence-corrected chi connectivity index (χ1v) is 10.3. The Morgan fingerprint density at radius 1 is 0.889 bits per heavy atom. The van der Waals surface area contributed by atoms with E-state index in [-0.39, 0.29) is 11.6 Å². The molecule has 1 saturated carbocycles. The average Bonchev–Trinajstić information content (AvgIpc) is 2.95. The largest absolute Gasteiger partial charge is 0.339 e. The summed E-state index contributed by atoms with van der Waals surface area (Å²) in [4.78, 5) is 17.8. The average molecular weight is 363 g/mol. The Morgan fingerprint density at radius 3 is 1.93 bits per heavy atom. The zero-order chi connectivity index (χ0) is 18.7. The van der Waals surface area contributed by atoms with Crippen molar-refractivity contribution in [3.8, 4) is 0 Å². The molecule has 3 nitrogen and oxygen atoms in total. The van der Waals surface area contributed by atoms with Gasteiger partial charge in [0.15, 0.2) is 0 Å². The zero-order valence-electron chi connectivity index (χ0n) is 16.3. The van der Waals surface area contributed by atoms with Crippen LogP contribution in [-0.4, -0.2) is 34.3 Å². The van der Waals surface area contributed by atoms with E-state index in [1.807, 2.05) is 7.05 Å². The van der Waals surface area contributed by atoms with Gasteiger partial charge in [-0.05, 0) is 30.4 Å². The van der Waals surface area contributed by atoms with E-state index in [4.69, 9.17) is 0 Å². The molecule has 0 aromatic heterocycles. The number of carbonyl (C=O) groups is 1. The van der Waals surface area contributed by atoms with Crippen LogP contribution in [0.4, 0.5) is 0 Å². The minimum absolute atomic E-state index is 0.0199. The van der Waals surface area contributed by atoms with Crippen molar-refractivity contribution in [3.05, 3.63) is 71.8 Å². The molecule has 142 valence electrons. The van der Waals surface area contributed by atoms with Crippen molar-refractivity contribution in [1.29, 1.82) is 0 Å². The minimum Gasteiger partial charge on any atom is -0.339 e. The van der Waals surface area contributed by atoms with Gasteiger partial charge in [0.05, 0.1) is 6.04 Å². The number of benzene rings is 2. The van der Waals surface area contributed by atoms with Crippen LogP contribution in [0.25, 0.3) is 0 Å². The number of rotatable bonds is 5. The van der Waals surface area contributed by atoms with Crippen molar-refractivity contribution in [1.82, 2.24) is 9.80 Å². The van der Waals surface area contributed by atoms with Crippen LogP contribution in [0.3, 0.4) is 0 Å². The highest BCUT2D eigenvalue weighted by molar-refractivity contribution is 5.85. The fraction of sp³-hybridized carbons (Fsp3) is 0.458. The van der Waals surface area contributed by atoms with E-state index in [2.05, 4.69) is 70.5 Å². The van der Waals surface area contributed by atoms with Crippen molar-refractivity contribution in [2.45, 2.75) is 63.2 Å². The van der Waals surface area contributed by atoms with E-state index in [0.29, 0.717) is 5.91 Å². The molecule has 0 radical (unpaired) electrons. The van der Waals surface area contributed by atoms with Gasteiger partial charge in [0.1, 0.15) is 0 Å². The summed E-state index contributed by atoms with van der Waals surface area (Å²) in [6, 6.07) is 21.1. The molecule has 2 aliphatic rings. The maximum absolute atomic E-state index is 13.3. The van der Waals surface area contributed by atoms with E-state index >= 15 is 0 Å². The van der Waals surface area contributed by atoms with Crippen LogP contribution in [0, 0.1) is 0 Å². The molecule has 1 heterocycles. The topological polar surface area (TPSA) is 23.6 Å². The van der Waals surface area contributed by atoms with Gasteiger partial charge in [0.2, 0.25) is 5.91 Å². The summed E-state index contributed by atoms with van der Waals surface area (Å²) in [5.74, 6) is 0.309. The maximum Gasteiger partial charge on any atom is 0.240 e. The van der Waals surface area contributed by atoms with Crippen LogP contribution >= 0.6 is 0 Å². The lowest BCUT2D eigenvalue weighted by Crippen LogP contribution is -2.44. The molecule has 1 amide bonds. The molecule has 2 fully saturated rings. The number of likely N-dealkylation sites (tertiary alicyclic amines) is 1. The number of hydrogen-bond acceptors (Lipinski definition) is 2. The SMILES string of the molecule is CN1C(=O)C(N(Cc2ccccc2)Cc2ccccc2)CC12CCCCC2. The third-order valence-electron chi connectivity index (χ3n) is 6.58. The number of likely N-dealkylation sites (N-methyl/N-ethyl adjacent to an activating group) is 1. The highest BCUT2D eigenvalue weighted by atomic mass is 16.2. The molecule has 4 rings (SSSR count). The highest BCUT2D eigenvalue weighted by Gasteiger charge is 2.50. The van der Waals surface area contributed by atoms with Crippen molar-refractivity contribution in [2.24, 2.45) is 0 Å². The lowest BCUT2D eigenvalue weighted by molar-refractivity contribution is -0.134. The normalized spacial score (nSPS) is 21.9. The van der Waals surface area contributed by atoms with Crippen LogP contribution in [0.5, 0.6) is 0 Å². The van der Waals surface area contributed by atoms with Gasteiger partial charge in [0, 0.05) is 25.7 Å². The number of nitrogens with zero attached hydrogens (tertiary/aromatic N) is 2. The van der Waals surface area contributed by atoms with E-state index in [1.165, 1.54) is 30.4 Å². The molecular weight excluding hydrogens is 332 g/mol. The van der Waals surface area contributed by atoms with Crippen LogP contribution in [0.1, 0.15) is 49.7 Å².